The zero-order valence-electron chi connectivity index (χ0n) is 14.0. The van der Waals surface area contributed by atoms with E-state index in [1.54, 1.807) is 14.2 Å². The summed E-state index contributed by atoms with van der Waals surface area (Å²) >= 11 is 0. The lowest BCUT2D eigenvalue weighted by atomic mass is 9.88. The second-order valence-electron chi connectivity index (χ2n) is 6.06. The summed E-state index contributed by atoms with van der Waals surface area (Å²) in [6.45, 7) is 1.06. The fourth-order valence-corrected chi connectivity index (χ4v) is 3.36. The van der Waals surface area contributed by atoms with Crippen LogP contribution in [0.2, 0.25) is 0 Å². The van der Waals surface area contributed by atoms with Crippen molar-refractivity contribution in [3.05, 3.63) is 53.1 Å². The summed E-state index contributed by atoms with van der Waals surface area (Å²) in [4.78, 5) is 2.40. The molecule has 0 fully saturated rings. The first-order chi connectivity index (χ1) is 11.1. The van der Waals surface area contributed by atoms with Crippen molar-refractivity contribution >= 4 is 5.69 Å². The van der Waals surface area contributed by atoms with Gasteiger partial charge < -0.3 is 15.2 Å². The summed E-state index contributed by atoms with van der Waals surface area (Å²) in [5.41, 5.74) is 10.9. The largest absolute Gasteiger partial charge is 0.493 e. The highest BCUT2D eigenvalue weighted by Gasteiger charge is 2.25. The molecule has 0 aliphatic carbocycles. The molecule has 4 heteroatoms. The lowest BCUT2D eigenvalue weighted by molar-refractivity contribution is 0.229. The second kappa shape index (κ2) is 6.50. The fourth-order valence-electron chi connectivity index (χ4n) is 3.36. The van der Waals surface area contributed by atoms with E-state index in [9.17, 15) is 0 Å². The van der Waals surface area contributed by atoms with E-state index in [0.29, 0.717) is 11.8 Å². The molecule has 1 unspecified atom stereocenters. The molecule has 1 heterocycles. The number of hydrogen-bond acceptors (Lipinski definition) is 4. The molecule has 0 amide bonds. The maximum atomic E-state index is 6.25. The van der Waals surface area contributed by atoms with Crippen LogP contribution in [0.25, 0.3) is 0 Å². The SMILES string of the molecule is COc1cc(N)c(CC2c3ccccc3CCN2C)cc1OC. The number of methoxy groups -OCH3 is 2. The van der Waals surface area contributed by atoms with E-state index in [1.165, 1.54) is 11.1 Å². The number of nitrogen functional groups attached to an aromatic ring is 1. The monoisotopic (exact) mass is 312 g/mol. The van der Waals surface area contributed by atoms with Gasteiger partial charge >= 0.3 is 0 Å². The van der Waals surface area contributed by atoms with Gasteiger partial charge in [-0.1, -0.05) is 24.3 Å². The molecule has 0 saturated carbocycles. The third-order valence-corrected chi connectivity index (χ3v) is 4.74. The van der Waals surface area contributed by atoms with Crippen molar-refractivity contribution in [1.29, 1.82) is 0 Å². The Balaban J connectivity index is 1.96. The molecule has 0 bridgehead atoms. The highest BCUT2D eigenvalue weighted by molar-refractivity contribution is 5.58. The summed E-state index contributed by atoms with van der Waals surface area (Å²) in [5.74, 6) is 1.40. The maximum absolute atomic E-state index is 6.25. The van der Waals surface area contributed by atoms with Gasteiger partial charge in [-0.2, -0.15) is 0 Å². The summed E-state index contributed by atoms with van der Waals surface area (Å²) < 4.78 is 10.7. The highest BCUT2D eigenvalue weighted by Crippen LogP contribution is 2.37. The smallest absolute Gasteiger partial charge is 0.162 e. The molecule has 2 aromatic rings. The van der Waals surface area contributed by atoms with Crippen LogP contribution in [0.4, 0.5) is 5.69 Å². The summed E-state index contributed by atoms with van der Waals surface area (Å²) in [5, 5.41) is 0. The molecule has 4 nitrogen and oxygen atoms in total. The Hall–Kier alpha value is -2.20. The molecule has 2 aromatic carbocycles. The van der Waals surface area contributed by atoms with Crippen molar-refractivity contribution < 1.29 is 9.47 Å². The predicted octanol–water partition coefficient (Wildman–Crippen LogP) is 3.06. The van der Waals surface area contributed by atoms with Gasteiger partial charge in [0.1, 0.15) is 0 Å². The molecular formula is C19H24N2O2. The standard InChI is InChI=1S/C19H24N2O2/c1-21-9-8-13-6-4-5-7-15(13)17(21)10-14-11-18(22-2)19(23-3)12-16(14)20/h4-7,11-12,17H,8-10,20H2,1-3H3. The van der Waals surface area contributed by atoms with Gasteiger partial charge in [-0.25, -0.2) is 0 Å². The van der Waals surface area contributed by atoms with Crippen molar-refractivity contribution in [2.24, 2.45) is 0 Å². The average Bonchev–Trinajstić information content (AvgIpc) is 2.58. The maximum Gasteiger partial charge on any atom is 0.162 e. The Labute approximate surface area is 137 Å². The van der Waals surface area contributed by atoms with E-state index in [1.807, 2.05) is 12.1 Å². The van der Waals surface area contributed by atoms with Gasteiger partial charge in [0.05, 0.1) is 14.2 Å². The quantitative estimate of drug-likeness (QED) is 0.882. The normalized spacial score (nSPS) is 17.6. The molecule has 1 aliphatic rings. The van der Waals surface area contributed by atoms with Crippen LogP contribution >= 0.6 is 0 Å². The Bertz CT molecular complexity index is 700. The minimum Gasteiger partial charge on any atom is -0.493 e. The minimum absolute atomic E-state index is 0.334. The number of fused-ring (bicyclic) bond motifs is 1. The average molecular weight is 312 g/mol. The molecule has 23 heavy (non-hydrogen) atoms. The van der Waals surface area contributed by atoms with E-state index >= 15 is 0 Å². The van der Waals surface area contributed by atoms with Crippen LogP contribution in [-0.4, -0.2) is 32.7 Å². The third kappa shape index (κ3) is 2.99. The molecule has 0 saturated heterocycles. The topological polar surface area (TPSA) is 47.7 Å². The number of rotatable bonds is 4. The summed E-state index contributed by atoms with van der Waals surface area (Å²) in [6, 6.07) is 12.9. The third-order valence-electron chi connectivity index (χ3n) is 4.74. The van der Waals surface area contributed by atoms with Gasteiger partial charge in [0.15, 0.2) is 11.5 Å². The van der Waals surface area contributed by atoms with Crippen molar-refractivity contribution in [3.8, 4) is 11.5 Å². The lowest BCUT2D eigenvalue weighted by Crippen LogP contribution is -2.33. The van der Waals surface area contributed by atoms with Crippen LogP contribution in [-0.2, 0) is 12.8 Å². The van der Waals surface area contributed by atoms with Gasteiger partial charge in [0.2, 0.25) is 0 Å². The van der Waals surface area contributed by atoms with Crippen LogP contribution in [0.15, 0.2) is 36.4 Å². The van der Waals surface area contributed by atoms with Crippen LogP contribution in [0.3, 0.4) is 0 Å². The van der Waals surface area contributed by atoms with Crippen molar-refractivity contribution in [1.82, 2.24) is 4.90 Å². The first kappa shape index (κ1) is 15.7. The Morgan fingerprint density at radius 2 is 1.83 bits per heavy atom. The summed E-state index contributed by atoms with van der Waals surface area (Å²) in [6.07, 6.45) is 1.96. The van der Waals surface area contributed by atoms with Gasteiger partial charge in [-0.05, 0) is 42.6 Å². The molecule has 0 radical (unpaired) electrons. The molecule has 1 atom stereocenters. The predicted molar refractivity (Wildman–Crippen MR) is 93.2 cm³/mol. The van der Waals surface area contributed by atoms with Gasteiger partial charge in [-0.3, -0.25) is 4.90 Å². The molecular weight excluding hydrogens is 288 g/mol. The zero-order valence-corrected chi connectivity index (χ0v) is 14.0. The number of ether oxygens (including phenoxy) is 2. The van der Waals surface area contributed by atoms with Crippen LogP contribution in [0.1, 0.15) is 22.7 Å². The minimum atomic E-state index is 0.334. The number of benzene rings is 2. The molecule has 3 rings (SSSR count). The zero-order chi connectivity index (χ0) is 16.4. The number of hydrogen-bond donors (Lipinski definition) is 1. The first-order valence-corrected chi connectivity index (χ1v) is 7.92. The number of anilines is 1. The van der Waals surface area contributed by atoms with Crippen LogP contribution < -0.4 is 15.2 Å². The van der Waals surface area contributed by atoms with E-state index < -0.39 is 0 Å². The first-order valence-electron chi connectivity index (χ1n) is 7.92. The molecule has 2 N–H and O–H groups in total. The van der Waals surface area contributed by atoms with Crippen molar-refractivity contribution in [2.45, 2.75) is 18.9 Å². The summed E-state index contributed by atoms with van der Waals surface area (Å²) in [7, 11) is 5.46. The molecule has 1 aliphatic heterocycles. The van der Waals surface area contributed by atoms with E-state index in [4.69, 9.17) is 15.2 Å². The van der Waals surface area contributed by atoms with Gasteiger partial charge in [0, 0.05) is 24.3 Å². The van der Waals surface area contributed by atoms with Crippen LogP contribution in [0, 0.1) is 0 Å². The molecule has 0 spiro atoms. The van der Waals surface area contributed by atoms with Crippen molar-refractivity contribution in [3.63, 3.8) is 0 Å². The molecule has 122 valence electrons. The van der Waals surface area contributed by atoms with Crippen molar-refractivity contribution in [2.75, 3.05) is 33.5 Å². The van der Waals surface area contributed by atoms with E-state index in [-0.39, 0.29) is 0 Å². The molecule has 0 aromatic heterocycles. The Morgan fingerprint density at radius 3 is 2.57 bits per heavy atom. The van der Waals surface area contributed by atoms with Crippen LogP contribution in [0.5, 0.6) is 11.5 Å². The van der Waals surface area contributed by atoms with E-state index in [0.717, 1.165) is 36.4 Å². The highest BCUT2D eigenvalue weighted by atomic mass is 16.5. The fraction of sp³-hybridized carbons (Fsp3) is 0.368. The second-order valence-corrected chi connectivity index (χ2v) is 6.06. The van der Waals surface area contributed by atoms with E-state index in [2.05, 4.69) is 36.2 Å². The lowest BCUT2D eigenvalue weighted by Gasteiger charge is -2.35. The number of nitrogens with zero attached hydrogens (tertiary/aromatic N) is 1. The van der Waals surface area contributed by atoms with Gasteiger partial charge in [0.25, 0.3) is 0 Å². The Kier molecular flexibility index (Phi) is 4.44. The Morgan fingerprint density at radius 1 is 1.13 bits per heavy atom. The number of likely N-dealkylation sites (N-methyl/N-ethyl adjacent to an activating group) is 1. The van der Waals surface area contributed by atoms with Gasteiger partial charge in [-0.15, -0.1) is 0 Å². The number of nitrogens with two attached hydrogens (primary N) is 1.